The summed E-state index contributed by atoms with van der Waals surface area (Å²) >= 11 is 0. The van der Waals surface area contributed by atoms with Crippen LogP contribution in [0.1, 0.15) is 36.8 Å². The van der Waals surface area contributed by atoms with Crippen molar-refractivity contribution in [1.29, 1.82) is 0 Å². The molecule has 2 aromatic rings. The van der Waals surface area contributed by atoms with E-state index in [1.54, 1.807) is 7.11 Å². The maximum absolute atomic E-state index is 5.94. The largest absolute Gasteiger partial charge is 0.497 e. The van der Waals surface area contributed by atoms with Gasteiger partial charge in [0.25, 0.3) is 0 Å². The summed E-state index contributed by atoms with van der Waals surface area (Å²) in [6.07, 6.45) is 3.05. The standard InChI is InChI=1S/C20H27NO2/c1-3-16-9-11-19(12-10-16)23-13-5-7-18(15-21)17-6-4-8-20(14-17)22-2/h4,6,8-12,14,18H,3,5,7,13,15,21H2,1-2H3. The quantitative estimate of drug-likeness (QED) is 0.707. The molecule has 0 aliphatic carbocycles. The molecule has 0 fully saturated rings. The lowest BCUT2D eigenvalue weighted by atomic mass is 9.94. The predicted molar refractivity (Wildman–Crippen MR) is 95.3 cm³/mol. The van der Waals surface area contributed by atoms with Crippen LogP contribution in [0.2, 0.25) is 0 Å². The summed E-state index contributed by atoms with van der Waals surface area (Å²) in [6.45, 7) is 3.51. The van der Waals surface area contributed by atoms with E-state index in [0.717, 1.165) is 30.8 Å². The third-order valence-corrected chi connectivity index (χ3v) is 4.15. The van der Waals surface area contributed by atoms with Crippen molar-refractivity contribution in [3.8, 4) is 11.5 Å². The average Bonchev–Trinajstić information content (AvgIpc) is 2.62. The number of aryl methyl sites for hydroxylation is 1. The Balaban J connectivity index is 1.80. The van der Waals surface area contributed by atoms with Gasteiger partial charge in [-0.2, -0.15) is 0 Å². The lowest BCUT2D eigenvalue weighted by Gasteiger charge is -2.16. The minimum atomic E-state index is 0.344. The van der Waals surface area contributed by atoms with Crippen LogP contribution >= 0.6 is 0 Å². The number of rotatable bonds is 9. The molecule has 2 rings (SSSR count). The zero-order chi connectivity index (χ0) is 16.5. The highest BCUT2D eigenvalue weighted by atomic mass is 16.5. The number of hydrogen-bond donors (Lipinski definition) is 1. The molecule has 3 nitrogen and oxygen atoms in total. The van der Waals surface area contributed by atoms with Crippen LogP contribution < -0.4 is 15.2 Å². The van der Waals surface area contributed by atoms with Gasteiger partial charge in [-0.3, -0.25) is 0 Å². The fourth-order valence-corrected chi connectivity index (χ4v) is 2.66. The molecule has 0 aliphatic heterocycles. The van der Waals surface area contributed by atoms with Gasteiger partial charge in [-0.1, -0.05) is 31.2 Å². The molecule has 124 valence electrons. The van der Waals surface area contributed by atoms with Crippen molar-refractivity contribution < 1.29 is 9.47 Å². The molecule has 0 saturated carbocycles. The third kappa shape index (κ3) is 5.29. The van der Waals surface area contributed by atoms with Gasteiger partial charge in [0.1, 0.15) is 11.5 Å². The minimum absolute atomic E-state index is 0.344. The summed E-state index contributed by atoms with van der Waals surface area (Å²) in [5.74, 6) is 2.16. The summed E-state index contributed by atoms with van der Waals surface area (Å²) in [7, 11) is 1.69. The Hall–Kier alpha value is -2.00. The molecule has 23 heavy (non-hydrogen) atoms. The Bertz CT molecular complexity index is 580. The molecule has 3 heteroatoms. The number of hydrogen-bond acceptors (Lipinski definition) is 3. The minimum Gasteiger partial charge on any atom is -0.497 e. The monoisotopic (exact) mass is 313 g/mol. The molecule has 1 unspecified atom stereocenters. The van der Waals surface area contributed by atoms with Gasteiger partial charge in [0.05, 0.1) is 13.7 Å². The van der Waals surface area contributed by atoms with Gasteiger partial charge < -0.3 is 15.2 Å². The van der Waals surface area contributed by atoms with Gasteiger partial charge in [0, 0.05) is 0 Å². The van der Waals surface area contributed by atoms with Gasteiger partial charge >= 0.3 is 0 Å². The van der Waals surface area contributed by atoms with Crippen molar-refractivity contribution in [3.05, 3.63) is 59.7 Å². The molecule has 0 aliphatic rings. The normalized spacial score (nSPS) is 12.0. The molecule has 1 atom stereocenters. The second kappa shape index (κ2) is 9.21. The molecule has 0 radical (unpaired) electrons. The smallest absolute Gasteiger partial charge is 0.119 e. The first-order valence-corrected chi connectivity index (χ1v) is 8.32. The molecule has 0 bridgehead atoms. The van der Waals surface area contributed by atoms with Crippen LogP contribution in [-0.2, 0) is 6.42 Å². The Morgan fingerprint density at radius 2 is 1.83 bits per heavy atom. The van der Waals surface area contributed by atoms with Crippen molar-refractivity contribution >= 4 is 0 Å². The highest BCUT2D eigenvalue weighted by Crippen LogP contribution is 2.24. The molecule has 0 heterocycles. The highest BCUT2D eigenvalue weighted by molar-refractivity contribution is 5.31. The topological polar surface area (TPSA) is 44.5 Å². The first-order valence-electron chi connectivity index (χ1n) is 8.32. The maximum atomic E-state index is 5.94. The van der Waals surface area contributed by atoms with E-state index in [4.69, 9.17) is 15.2 Å². The van der Waals surface area contributed by atoms with Crippen LogP contribution in [0.4, 0.5) is 0 Å². The number of nitrogens with two attached hydrogens (primary N) is 1. The predicted octanol–water partition coefficient (Wildman–Crippen LogP) is 4.16. The third-order valence-electron chi connectivity index (χ3n) is 4.15. The van der Waals surface area contributed by atoms with E-state index >= 15 is 0 Å². The highest BCUT2D eigenvalue weighted by Gasteiger charge is 2.10. The Labute approximate surface area is 139 Å². The van der Waals surface area contributed by atoms with E-state index in [1.807, 2.05) is 24.3 Å². The molecular weight excluding hydrogens is 286 g/mol. The van der Waals surface area contributed by atoms with E-state index in [0.29, 0.717) is 19.1 Å². The average molecular weight is 313 g/mol. The summed E-state index contributed by atoms with van der Waals surface area (Å²) in [4.78, 5) is 0. The van der Waals surface area contributed by atoms with E-state index in [2.05, 4.69) is 31.2 Å². The summed E-state index contributed by atoms with van der Waals surface area (Å²) in [5, 5.41) is 0. The second-order valence-corrected chi connectivity index (χ2v) is 5.70. The number of ether oxygens (including phenoxy) is 2. The zero-order valence-corrected chi connectivity index (χ0v) is 14.1. The SMILES string of the molecule is CCc1ccc(OCCCC(CN)c2cccc(OC)c2)cc1. The van der Waals surface area contributed by atoms with Crippen LogP contribution in [0.25, 0.3) is 0 Å². The molecule has 2 N–H and O–H groups in total. The van der Waals surface area contributed by atoms with Gasteiger partial charge in [0.2, 0.25) is 0 Å². The molecule has 0 amide bonds. The van der Waals surface area contributed by atoms with Crippen LogP contribution in [0.5, 0.6) is 11.5 Å². The fraction of sp³-hybridized carbons (Fsp3) is 0.400. The van der Waals surface area contributed by atoms with Crippen molar-refractivity contribution in [3.63, 3.8) is 0 Å². The summed E-state index contributed by atoms with van der Waals surface area (Å²) < 4.78 is 11.1. The van der Waals surface area contributed by atoms with E-state index in [-0.39, 0.29) is 0 Å². The lowest BCUT2D eigenvalue weighted by molar-refractivity contribution is 0.301. The molecule has 0 spiro atoms. The molecular formula is C20H27NO2. The fourth-order valence-electron chi connectivity index (χ4n) is 2.66. The first kappa shape index (κ1) is 17.4. The van der Waals surface area contributed by atoms with Crippen LogP contribution in [-0.4, -0.2) is 20.3 Å². The molecule has 0 aromatic heterocycles. The lowest BCUT2D eigenvalue weighted by Crippen LogP contribution is -2.13. The Morgan fingerprint density at radius 3 is 2.48 bits per heavy atom. The first-order chi connectivity index (χ1) is 11.3. The number of benzene rings is 2. The van der Waals surface area contributed by atoms with Gasteiger partial charge in [-0.05, 0) is 67.1 Å². The summed E-state index contributed by atoms with van der Waals surface area (Å²) in [6, 6.07) is 16.5. The van der Waals surface area contributed by atoms with E-state index < -0.39 is 0 Å². The van der Waals surface area contributed by atoms with E-state index in [1.165, 1.54) is 11.1 Å². The van der Waals surface area contributed by atoms with Crippen molar-refractivity contribution in [2.75, 3.05) is 20.3 Å². The van der Waals surface area contributed by atoms with Crippen molar-refractivity contribution in [2.45, 2.75) is 32.1 Å². The van der Waals surface area contributed by atoms with Crippen LogP contribution in [0, 0.1) is 0 Å². The maximum Gasteiger partial charge on any atom is 0.119 e. The van der Waals surface area contributed by atoms with Crippen molar-refractivity contribution in [1.82, 2.24) is 0 Å². The summed E-state index contributed by atoms with van der Waals surface area (Å²) in [5.41, 5.74) is 8.51. The number of methoxy groups -OCH3 is 1. The molecule has 0 saturated heterocycles. The van der Waals surface area contributed by atoms with Crippen molar-refractivity contribution in [2.24, 2.45) is 5.73 Å². The Kier molecular flexibility index (Phi) is 6.95. The van der Waals surface area contributed by atoms with Gasteiger partial charge in [-0.25, -0.2) is 0 Å². The van der Waals surface area contributed by atoms with Crippen LogP contribution in [0.15, 0.2) is 48.5 Å². The Morgan fingerprint density at radius 1 is 1.04 bits per heavy atom. The second-order valence-electron chi connectivity index (χ2n) is 5.70. The van der Waals surface area contributed by atoms with Gasteiger partial charge in [-0.15, -0.1) is 0 Å². The van der Waals surface area contributed by atoms with Crippen LogP contribution in [0.3, 0.4) is 0 Å². The van der Waals surface area contributed by atoms with E-state index in [9.17, 15) is 0 Å². The molecule has 2 aromatic carbocycles. The van der Waals surface area contributed by atoms with Gasteiger partial charge in [0.15, 0.2) is 0 Å². The zero-order valence-electron chi connectivity index (χ0n) is 14.1.